The molecule has 0 aromatic heterocycles. The van der Waals surface area contributed by atoms with E-state index in [2.05, 4.69) is 44.2 Å². The molecule has 2 saturated heterocycles. The molecule has 3 unspecified atom stereocenters. The van der Waals surface area contributed by atoms with Gasteiger partial charge in [-0.25, -0.2) is 0 Å². The Morgan fingerprint density at radius 2 is 2.04 bits per heavy atom. The first-order valence-electron chi connectivity index (χ1n) is 9.78. The molecule has 1 aliphatic carbocycles. The predicted molar refractivity (Wildman–Crippen MR) is 103 cm³/mol. The van der Waals surface area contributed by atoms with Crippen molar-refractivity contribution in [3.05, 3.63) is 52.0 Å². The number of hydrogen-bond acceptors (Lipinski definition) is 4. The SMILES string of the molecule is CC(C)C1=CC2=C(CC1)Sc1ccccc1C21OCC(C2CCOC2)O1. The van der Waals surface area contributed by atoms with Crippen molar-refractivity contribution in [2.75, 3.05) is 19.8 Å². The molecule has 3 heterocycles. The number of ether oxygens (including phenoxy) is 3. The summed E-state index contributed by atoms with van der Waals surface area (Å²) in [4.78, 5) is 2.69. The van der Waals surface area contributed by atoms with Crippen LogP contribution in [0.2, 0.25) is 0 Å². The fraction of sp³-hybridized carbons (Fsp3) is 0.545. The van der Waals surface area contributed by atoms with Gasteiger partial charge in [-0.15, -0.1) is 0 Å². The molecule has 4 aliphatic rings. The van der Waals surface area contributed by atoms with Crippen LogP contribution in [0.3, 0.4) is 0 Å². The van der Waals surface area contributed by atoms with E-state index >= 15 is 0 Å². The highest BCUT2D eigenvalue weighted by molar-refractivity contribution is 8.03. The molecule has 0 radical (unpaired) electrons. The van der Waals surface area contributed by atoms with Crippen LogP contribution in [0.5, 0.6) is 0 Å². The van der Waals surface area contributed by atoms with E-state index < -0.39 is 5.79 Å². The van der Waals surface area contributed by atoms with Gasteiger partial charge in [0, 0.05) is 28.6 Å². The Labute approximate surface area is 159 Å². The molecule has 0 bridgehead atoms. The van der Waals surface area contributed by atoms with Gasteiger partial charge < -0.3 is 14.2 Å². The number of thioether (sulfide) groups is 1. The molecule has 1 aromatic rings. The van der Waals surface area contributed by atoms with Gasteiger partial charge in [-0.1, -0.05) is 55.5 Å². The average Bonchev–Trinajstić information content (AvgIpc) is 3.32. The zero-order valence-corrected chi connectivity index (χ0v) is 16.3. The quantitative estimate of drug-likeness (QED) is 0.730. The predicted octanol–water partition coefficient (Wildman–Crippen LogP) is 5.03. The Balaban J connectivity index is 1.59. The van der Waals surface area contributed by atoms with Crippen LogP contribution < -0.4 is 0 Å². The Kier molecular flexibility index (Phi) is 4.28. The summed E-state index contributed by atoms with van der Waals surface area (Å²) in [5, 5.41) is 0. The molecule has 3 nitrogen and oxygen atoms in total. The highest BCUT2D eigenvalue weighted by atomic mass is 32.2. The maximum Gasteiger partial charge on any atom is 0.224 e. The molecule has 2 fully saturated rings. The van der Waals surface area contributed by atoms with Crippen molar-refractivity contribution < 1.29 is 14.2 Å². The lowest BCUT2D eigenvalue weighted by molar-refractivity contribution is -0.152. The van der Waals surface area contributed by atoms with Crippen LogP contribution in [0.4, 0.5) is 0 Å². The monoisotopic (exact) mass is 370 g/mol. The van der Waals surface area contributed by atoms with Crippen molar-refractivity contribution in [3.8, 4) is 0 Å². The second kappa shape index (κ2) is 6.52. The third kappa shape index (κ3) is 2.62. The first-order valence-corrected chi connectivity index (χ1v) is 10.6. The minimum absolute atomic E-state index is 0.111. The molecule has 0 saturated carbocycles. The van der Waals surface area contributed by atoms with Crippen LogP contribution in [0, 0.1) is 11.8 Å². The zero-order valence-electron chi connectivity index (χ0n) is 15.5. The molecule has 3 aliphatic heterocycles. The maximum absolute atomic E-state index is 6.78. The van der Waals surface area contributed by atoms with Gasteiger partial charge in [0.25, 0.3) is 0 Å². The standard InChI is InChI=1S/C22H26O3S/c1-14(2)15-7-8-21-18(11-15)22(17-5-3-4-6-20(17)26-21)24-13-19(25-22)16-9-10-23-12-16/h3-6,11,14,16,19H,7-10,12-13H2,1-2H3. The lowest BCUT2D eigenvalue weighted by atomic mass is 9.85. The molecular formula is C22H26O3S. The van der Waals surface area contributed by atoms with Crippen LogP contribution in [0.15, 0.2) is 51.3 Å². The number of fused-ring (bicyclic) bond motifs is 3. The van der Waals surface area contributed by atoms with Crippen LogP contribution in [-0.4, -0.2) is 25.9 Å². The molecule has 1 spiro atoms. The molecule has 0 amide bonds. The summed E-state index contributed by atoms with van der Waals surface area (Å²) in [6, 6.07) is 8.59. The highest BCUT2D eigenvalue weighted by Crippen LogP contribution is 2.56. The van der Waals surface area contributed by atoms with Crippen molar-refractivity contribution in [1.82, 2.24) is 0 Å². The van der Waals surface area contributed by atoms with E-state index in [1.807, 2.05) is 11.8 Å². The molecule has 5 rings (SSSR count). The van der Waals surface area contributed by atoms with E-state index in [9.17, 15) is 0 Å². The number of benzene rings is 1. The van der Waals surface area contributed by atoms with Crippen LogP contribution >= 0.6 is 11.8 Å². The third-order valence-corrected chi connectivity index (χ3v) is 7.35. The van der Waals surface area contributed by atoms with E-state index in [1.165, 1.54) is 26.5 Å². The van der Waals surface area contributed by atoms with E-state index in [4.69, 9.17) is 14.2 Å². The van der Waals surface area contributed by atoms with E-state index in [1.54, 1.807) is 0 Å². The summed E-state index contributed by atoms with van der Waals surface area (Å²) in [6.45, 7) is 6.84. The van der Waals surface area contributed by atoms with E-state index in [-0.39, 0.29) is 6.10 Å². The van der Waals surface area contributed by atoms with Crippen molar-refractivity contribution in [2.45, 2.75) is 49.9 Å². The fourth-order valence-electron chi connectivity index (χ4n) is 4.52. The minimum Gasteiger partial charge on any atom is -0.381 e. The lowest BCUT2D eigenvalue weighted by Crippen LogP contribution is -2.35. The molecule has 26 heavy (non-hydrogen) atoms. The van der Waals surface area contributed by atoms with Crippen LogP contribution in [0.1, 0.15) is 38.7 Å². The van der Waals surface area contributed by atoms with Gasteiger partial charge in [-0.05, 0) is 36.2 Å². The van der Waals surface area contributed by atoms with Crippen LogP contribution in [0.25, 0.3) is 0 Å². The topological polar surface area (TPSA) is 27.7 Å². The summed E-state index contributed by atoms with van der Waals surface area (Å²) in [6.07, 6.45) is 5.78. The first-order chi connectivity index (χ1) is 12.7. The van der Waals surface area contributed by atoms with Crippen molar-refractivity contribution in [3.63, 3.8) is 0 Å². The molecule has 0 N–H and O–H groups in total. The van der Waals surface area contributed by atoms with E-state index in [0.29, 0.717) is 18.4 Å². The smallest absolute Gasteiger partial charge is 0.224 e. The Bertz CT molecular complexity index is 775. The number of hydrogen-bond donors (Lipinski definition) is 0. The van der Waals surface area contributed by atoms with Gasteiger partial charge >= 0.3 is 0 Å². The van der Waals surface area contributed by atoms with E-state index in [0.717, 1.165) is 32.5 Å². The second-order valence-corrected chi connectivity index (χ2v) is 9.15. The molecule has 4 heteroatoms. The van der Waals surface area contributed by atoms with Gasteiger partial charge in [0.15, 0.2) is 0 Å². The van der Waals surface area contributed by atoms with Crippen molar-refractivity contribution in [1.29, 1.82) is 0 Å². The number of rotatable bonds is 2. The fourth-order valence-corrected chi connectivity index (χ4v) is 5.75. The minimum atomic E-state index is -0.731. The van der Waals surface area contributed by atoms with Gasteiger partial charge in [0.05, 0.1) is 19.3 Å². The summed E-state index contributed by atoms with van der Waals surface area (Å²) < 4.78 is 18.9. The summed E-state index contributed by atoms with van der Waals surface area (Å²) in [5.41, 5.74) is 3.92. The Morgan fingerprint density at radius 1 is 1.15 bits per heavy atom. The van der Waals surface area contributed by atoms with Gasteiger partial charge in [-0.2, -0.15) is 0 Å². The maximum atomic E-state index is 6.78. The normalized spacial score (nSPS) is 33.6. The lowest BCUT2D eigenvalue weighted by Gasteiger charge is -2.39. The molecule has 138 valence electrons. The molecular weight excluding hydrogens is 344 g/mol. The van der Waals surface area contributed by atoms with Gasteiger partial charge in [0.1, 0.15) is 0 Å². The van der Waals surface area contributed by atoms with Crippen molar-refractivity contribution in [2.24, 2.45) is 11.8 Å². The Morgan fingerprint density at radius 3 is 2.85 bits per heavy atom. The summed E-state index contributed by atoms with van der Waals surface area (Å²) in [7, 11) is 0. The zero-order chi connectivity index (χ0) is 17.7. The van der Waals surface area contributed by atoms with Crippen molar-refractivity contribution >= 4 is 11.8 Å². The summed E-state index contributed by atoms with van der Waals surface area (Å²) in [5.74, 6) is 0.270. The molecule has 3 atom stereocenters. The van der Waals surface area contributed by atoms with Crippen LogP contribution in [-0.2, 0) is 20.0 Å². The average molecular weight is 371 g/mol. The third-order valence-electron chi connectivity index (χ3n) is 6.10. The number of allylic oxidation sites excluding steroid dienone is 2. The first kappa shape index (κ1) is 17.1. The highest BCUT2D eigenvalue weighted by Gasteiger charge is 2.52. The Hall–Kier alpha value is -1.07. The second-order valence-electron chi connectivity index (χ2n) is 8.02. The largest absolute Gasteiger partial charge is 0.381 e. The molecule has 1 aromatic carbocycles. The van der Waals surface area contributed by atoms with Gasteiger partial charge in [-0.3, -0.25) is 0 Å². The van der Waals surface area contributed by atoms with Gasteiger partial charge in [0.2, 0.25) is 5.79 Å². The summed E-state index contributed by atoms with van der Waals surface area (Å²) >= 11 is 1.90.